The van der Waals surface area contributed by atoms with Crippen LogP contribution in [-0.4, -0.2) is 42.0 Å². The molecule has 4 nitrogen and oxygen atoms in total. The zero-order valence-corrected chi connectivity index (χ0v) is 10.6. The van der Waals surface area contributed by atoms with Crippen molar-refractivity contribution in [3.05, 3.63) is 48.5 Å². The number of hydrogen-bond acceptors (Lipinski definition) is 3. The van der Waals surface area contributed by atoms with E-state index < -0.39 is 0 Å². The third kappa shape index (κ3) is 2.90. The first kappa shape index (κ1) is 12.6. The number of rotatable bonds is 2. The maximum atomic E-state index is 12.1. The SMILES string of the molecule is C=C1C=CC=CN1C(=O)/C=C(\C)N1CCOCC1. The topological polar surface area (TPSA) is 32.8 Å². The Bertz CT molecular complexity index is 429. The summed E-state index contributed by atoms with van der Waals surface area (Å²) in [5, 5.41) is 0. The molecule has 0 aromatic rings. The van der Waals surface area contributed by atoms with Gasteiger partial charge in [-0.1, -0.05) is 12.7 Å². The van der Waals surface area contributed by atoms with Crippen molar-refractivity contribution in [3.63, 3.8) is 0 Å². The zero-order valence-electron chi connectivity index (χ0n) is 10.6. The zero-order chi connectivity index (χ0) is 13.0. The van der Waals surface area contributed by atoms with E-state index in [4.69, 9.17) is 4.74 Å². The Morgan fingerprint density at radius 3 is 2.78 bits per heavy atom. The number of allylic oxidation sites excluding steroid dienone is 4. The summed E-state index contributed by atoms with van der Waals surface area (Å²) in [7, 11) is 0. The maximum absolute atomic E-state index is 12.1. The van der Waals surface area contributed by atoms with Crippen molar-refractivity contribution < 1.29 is 9.53 Å². The van der Waals surface area contributed by atoms with Crippen molar-refractivity contribution in [1.82, 2.24) is 9.80 Å². The number of morpholine rings is 1. The lowest BCUT2D eigenvalue weighted by atomic mass is 10.2. The van der Waals surface area contributed by atoms with Crippen LogP contribution in [0.2, 0.25) is 0 Å². The highest BCUT2D eigenvalue weighted by Gasteiger charge is 2.15. The predicted octanol–water partition coefficient (Wildman–Crippen LogP) is 1.65. The van der Waals surface area contributed by atoms with E-state index in [0.717, 1.165) is 32.0 Å². The molecule has 4 heteroatoms. The second kappa shape index (κ2) is 5.69. The van der Waals surface area contributed by atoms with Crippen LogP contribution in [0.15, 0.2) is 48.5 Å². The number of carbonyl (C=O) groups excluding carboxylic acids is 1. The first-order valence-electron chi connectivity index (χ1n) is 6.06. The molecule has 1 saturated heterocycles. The van der Waals surface area contributed by atoms with E-state index in [1.165, 1.54) is 0 Å². The predicted molar refractivity (Wildman–Crippen MR) is 70.4 cm³/mol. The molecule has 0 N–H and O–H groups in total. The molecule has 1 fully saturated rings. The Kier molecular flexibility index (Phi) is 3.99. The van der Waals surface area contributed by atoms with Gasteiger partial charge in [0.05, 0.1) is 13.2 Å². The summed E-state index contributed by atoms with van der Waals surface area (Å²) in [5.41, 5.74) is 1.66. The van der Waals surface area contributed by atoms with Crippen LogP contribution in [0, 0.1) is 0 Å². The normalized spacial score (nSPS) is 20.5. The molecule has 2 aliphatic rings. The molecule has 0 atom stereocenters. The maximum Gasteiger partial charge on any atom is 0.256 e. The fourth-order valence-corrected chi connectivity index (χ4v) is 1.95. The third-order valence-electron chi connectivity index (χ3n) is 3.02. The molecule has 2 aliphatic heterocycles. The van der Waals surface area contributed by atoms with E-state index in [1.54, 1.807) is 17.2 Å². The summed E-state index contributed by atoms with van der Waals surface area (Å²) in [6.07, 6.45) is 8.89. The van der Waals surface area contributed by atoms with Crippen LogP contribution in [0.4, 0.5) is 0 Å². The van der Waals surface area contributed by atoms with Crippen LogP contribution in [0.25, 0.3) is 0 Å². The van der Waals surface area contributed by atoms with Crippen LogP contribution in [0.3, 0.4) is 0 Å². The first-order valence-corrected chi connectivity index (χ1v) is 6.06. The lowest BCUT2D eigenvalue weighted by molar-refractivity contribution is -0.122. The van der Waals surface area contributed by atoms with Gasteiger partial charge in [0.15, 0.2) is 0 Å². The van der Waals surface area contributed by atoms with Gasteiger partial charge in [0.2, 0.25) is 0 Å². The van der Waals surface area contributed by atoms with Crippen LogP contribution in [0.5, 0.6) is 0 Å². The summed E-state index contributed by atoms with van der Waals surface area (Å²) in [5.74, 6) is -0.0652. The Morgan fingerprint density at radius 2 is 2.11 bits per heavy atom. The molecule has 0 aromatic heterocycles. The molecule has 0 saturated carbocycles. The summed E-state index contributed by atoms with van der Waals surface area (Å²) < 4.78 is 5.29. The highest BCUT2D eigenvalue weighted by atomic mass is 16.5. The Morgan fingerprint density at radius 1 is 1.39 bits per heavy atom. The Hall–Kier alpha value is -1.81. The molecule has 0 bridgehead atoms. The first-order chi connectivity index (χ1) is 8.68. The molecule has 2 heterocycles. The van der Waals surface area contributed by atoms with Gasteiger partial charge in [0.1, 0.15) is 0 Å². The van der Waals surface area contributed by atoms with Crippen LogP contribution < -0.4 is 0 Å². The summed E-state index contributed by atoms with van der Waals surface area (Å²) >= 11 is 0. The van der Waals surface area contributed by atoms with Crippen LogP contribution >= 0.6 is 0 Å². The van der Waals surface area contributed by atoms with E-state index >= 15 is 0 Å². The molecule has 0 unspecified atom stereocenters. The Balaban J connectivity index is 2.02. The molecule has 0 aromatic carbocycles. The van der Waals surface area contributed by atoms with Gasteiger partial charge in [-0.2, -0.15) is 0 Å². The number of hydrogen-bond donors (Lipinski definition) is 0. The van der Waals surface area contributed by atoms with Crippen molar-refractivity contribution in [2.45, 2.75) is 6.92 Å². The van der Waals surface area contributed by atoms with E-state index in [2.05, 4.69) is 11.5 Å². The van der Waals surface area contributed by atoms with Crippen molar-refractivity contribution in [2.75, 3.05) is 26.3 Å². The van der Waals surface area contributed by atoms with Crippen molar-refractivity contribution in [3.8, 4) is 0 Å². The third-order valence-corrected chi connectivity index (χ3v) is 3.02. The van der Waals surface area contributed by atoms with Gasteiger partial charge in [0, 0.05) is 36.8 Å². The number of amides is 1. The van der Waals surface area contributed by atoms with E-state index in [9.17, 15) is 4.79 Å². The second-order valence-electron chi connectivity index (χ2n) is 4.29. The van der Waals surface area contributed by atoms with Crippen LogP contribution in [0.1, 0.15) is 6.92 Å². The minimum Gasteiger partial charge on any atom is -0.378 e. The van der Waals surface area contributed by atoms with Crippen molar-refractivity contribution in [2.24, 2.45) is 0 Å². The molecule has 0 radical (unpaired) electrons. The molecule has 96 valence electrons. The highest BCUT2D eigenvalue weighted by molar-refractivity contribution is 5.90. The molecule has 1 amide bonds. The number of nitrogens with zero attached hydrogens (tertiary/aromatic N) is 2. The Labute approximate surface area is 108 Å². The summed E-state index contributed by atoms with van der Waals surface area (Å²) in [6.45, 7) is 8.92. The highest BCUT2D eigenvalue weighted by Crippen LogP contribution is 2.13. The van der Waals surface area contributed by atoms with Gasteiger partial charge in [-0.3, -0.25) is 9.69 Å². The van der Waals surface area contributed by atoms with Gasteiger partial charge in [0.25, 0.3) is 5.91 Å². The van der Waals surface area contributed by atoms with Gasteiger partial charge in [-0.15, -0.1) is 0 Å². The lowest BCUT2D eigenvalue weighted by Gasteiger charge is -2.29. The van der Waals surface area contributed by atoms with Crippen molar-refractivity contribution >= 4 is 5.91 Å². The van der Waals surface area contributed by atoms with Gasteiger partial charge in [-0.05, 0) is 19.1 Å². The number of carbonyl (C=O) groups is 1. The fraction of sp³-hybridized carbons (Fsp3) is 0.357. The van der Waals surface area contributed by atoms with E-state index in [0.29, 0.717) is 5.70 Å². The minimum atomic E-state index is -0.0652. The van der Waals surface area contributed by atoms with Crippen molar-refractivity contribution in [1.29, 1.82) is 0 Å². The molecule has 18 heavy (non-hydrogen) atoms. The smallest absolute Gasteiger partial charge is 0.256 e. The standard InChI is InChI=1S/C14H18N2O2/c1-12-5-3-4-6-16(12)14(17)11-13(2)15-7-9-18-10-8-15/h3-6,11H,1,7-10H2,2H3/b13-11+. The van der Waals surface area contributed by atoms with E-state index in [1.807, 2.05) is 25.2 Å². The number of ether oxygens (including phenoxy) is 1. The quantitative estimate of drug-likeness (QED) is 0.694. The molecular formula is C14H18N2O2. The molecule has 2 rings (SSSR count). The average molecular weight is 246 g/mol. The minimum absolute atomic E-state index is 0.0652. The summed E-state index contributed by atoms with van der Waals surface area (Å²) in [4.78, 5) is 15.8. The summed E-state index contributed by atoms with van der Waals surface area (Å²) in [6, 6.07) is 0. The van der Waals surface area contributed by atoms with Crippen LogP contribution in [-0.2, 0) is 9.53 Å². The van der Waals surface area contributed by atoms with Gasteiger partial charge in [-0.25, -0.2) is 0 Å². The largest absolute Gasteiger partial charge is 0.378 e. The molecular weight excluding hydrogens is 228 g/mol. The molecule has 0 spiro atoms. The monoisotopic (exact) mass is 246 g/mol. The second-order valence-corrected chi connectivity index (χ2v) is 4.29. The molecule has 0 aliphatic carbocycles. The fourth-order valence-electron chi connectivity index (χ4n) is 1.95. The van der Waals surface area contributed by atoms with Gasteiger partial charge < -0.3 is 9.64 Å². The lowest BCUT2D eigenvalue weighted by Crippen LogP contribution is -2.35. The average Bonchev–Trinajstić information content (AvgIpc) is 2.40. The van der Waals surface area contributed by atoms with Gasteiger partial charge >= 0.3 is 0 Å². The van der Waals surface area contributed by atoms with E-state index in [-0.39, 0.29) is 5.91 Å².